The van der Waals surface area contributed by atoms with Crippen molar-refractivity contribution in [3.05, 3.63) is 28.2 Å². The van der Waals surface area contributed by atoms with Crippen LogP contribution in [0.2, 0.25) is 0 Å². The first-order valence-corrected chi connectivity index (χ1v) is 6.67. The highest BCUT2D eigenvalue weighted by Crippen LogP contribution is 2.36. The second kappa shape index (κ2) is 4.99. The zero-order chi connectivity index (χ0) is 11.5. The summed E-state index contributed by atoms with van der Waals surface area (Å²) in [6.45, 7) is 2.71. The molecule has 1 unspecified atom stereocenters. The van der Waals surface area contributed by atoms with E-state index in [0.29, 0.717) is 6.54 Å². The fraction of sp³-hybridized carbons (Fsp3) is 0.400. The molecule has 0 aromatic carbocycles. The van der Waals surface area contributed by atoms with Gasteiger partial charge in [0.1, 0.15) is 6.33 Å². The van der Waals surface area contributed by atoms with Gasteiger partial charge in [-0.1, -0.05) is 11.8 Å². The van der Waals surface area contributed by atoms with Crippen molar-refractivity contribution in [2.24, 2.45) is 12.8 Å². The molecule has 4 nitrogen and oxygen atoms in total. The standard InChI is InChI=1S/C10H14N4S2/c1-7-3-4-8(15-7)9(5-11)16-10-12-6-13-14(10)2/h3-4,6,9H,5,11H2,1-2H3. The number of thioether (sulfide) groups is 1. The van der Waals surface area contributed by atoms with Crippen LogP contribution >= 0.6 is 23.1 Å². The van der Waals surface area contributed by atoms with Crippen molar-refractivity contribution in [2.45, 2.75) is 17.3 Å². The molecule has 2 rings (SSSR count). The summed E-state index contributed by atoms with van der Waals surface area (Å²) < 4.78 is 1.77. The Morgan fingerprint density at radius 2 is 2.38 bits per heavy atom. The van der Waals surface area contributed by atoms with E-state index in [1.54, 1.807) is 34.1 Å². The molecule has 0 aliphatic heterocycles. The molecule has 0 aliphatic carbocycles. The smallest absolute Gasteiger partial charge is 0.186 e. The lowest BCUT2D eigenvalue weighted by Gasteiger charge is -2.11. The quantitative estimate of drug-likeness (QED) is 0.848. The van der Waals surface area contributed by atoms with E-state index in [9.17, 15) is 0 Å². The van der Waals surface area contributed by atoms with Gasteiger partial charge < -0.3 is 5.73 Å². The molecule has 0 amide bonds. The monoisotopic (exact) mass is 254 g/mol. The lowest BCUT2D eigenvalue weighted by molar-refractivity contribution is 0.683. The summed E-state index contributed by atoms with van der Waals surface area (Å²) in [4.78, 5) is 6.81. The van der Waals surface area contributed by atoms with Gasteiger partial charge in [-0.05, 0) is 19.1 Å². The summed E-state index contributed by atoms with van der Waals surface area (Å²) >= 11 is 3.45. The third-order valence-corrected chi connectivity index (χ3v) is 4.78. The zero-order valence-corrected chi connectivity index (χ0v) is 10.9. The third-order valence-electron chi connectivity index (χ3n) is 2.21. The van der Waals surface area contributed by atoms with Crippen LogP contribution in [0.5, 0.6) is 0 Å². The minimum Gasteiger partial charge on any atom is -0.329 e. The maximum atomic E-state index is 5.81. The van der Waals surface area contributed by atoms with Crippen LogP contribution in [0.25, 0.3) is 0 Å². The minimum atomic E-state index is 0.265. The highest BCUT2D eigenvalue weighted by Gasteiger charge is 2.15. The predicted molar refractivity (Wildman–Crippen MR) is 67.7 cm³/mol. The first-order chi connectivity index (χ1) is 7.70. The van der Waals surface area contributed by atoms with E-state index in [0.717, 1.165) is 5.16 Å². The SMILES string of the molecule is Cc1ccc(C(CN)Sc2ncnn2C)s1. The average Bonchev–Trinajstić information content (AvgIpc) is 2.85. The first-order valence-electron chi connectivity index (χ1n) is 4.97. The molecule has 2 N–H and O–H groups in total. The number of nitrogens with two attached hydrogens (primary N) is 1. The molecule has 0 fully saturated rings. The van der Waals surface area contributed by atoms with Gasteiger partial charge in [-0.3, -0.25) is 0 Å². The summed E-state index contributed by atoms with van der Waals surface area (Å²) in [7, 11) is 1.89. The largest absolute Gasteiger partial charge is 0.329 e. The van der Waals surface area contributed by atoms with Crippen LogP contribution in [-0.2, 0) is 7.05 Å². The van der Waals surface area contributed by atoms with E-state index in [4.69, 9.17) is 5.73 Å². The average molecular weight is 254 g/mol. The number of hydrogen-bond donors (Lipinski definition) is 1. The highest BCUT2D eigenvalue weighted by atomic mass is 32.2. The summed E-state index contributed by atoms with van der Waals surface area (Å²) in [5, 5.41) is 5.22. The van der Waals surface area contributed by atoms with Crippen LogP contribution in [0.15, 0.2) is 23.6 Å². The number of aromatic nitrogens is 3. The maximum absolute atomic E-state index is 5.81. The maximum Gasteiger partial charge on any atom is 0.186 e. The lowest BCUT2D eigenvalue weighted by atomic mass is 10.3. The Labute approximate surface area is 103 Å². The summed E-state index contributed by atoms with van der Waals surface area (Å²) in [5.74, 6) is 0. The van der Waals surface area contributed by atoms with Gasteiger partial charge in [-0.15, -0.1) is 11.3 Å². The normalized spacial score (nSPS) is 12.9. The van der Waals surface area contributed by atoms with Crippen molar-refractivity contribution < 1.29 is 0 Å². The number of aryl methyl sites for hydroxylation is 2. The molecular formula is C10H14N4S2. The van der Waals surface area contributed by atoms with E-state index in [1.807, 2.05) is 7.05 Å². The summed E-state index contributed by atoms with van der Waals surface area (Å²) in [6, 6.07) is 4.26. The van der Waals surface area contributed by atoms with E-state index >= 15 is 0 Å². The number of thiophene rings is 1. The molecule has 86 valence electrons. The molecule has 0 aliphatic rings. The molecule has 0 saturated carbocycles. The van der Waals surface area contributed by atoms with Crippen molar-refractivity contribution in [1.82, 2.24) is 14.8 Å². The fourth-order valence-electron chi connectivity index (χ4n) is 1.37. The molecule has 16 heavy (non-hydrogen) atoms. The van der Waals surface area contributed by atoms with Gasteiger partial charge in [0.2, 0.25) is 0 Å². The molecule has 1 atom stereocenters. The van der Waals surface area contributed by atoms with Gasteiger partial charge in [0.25, 0.3) is 0 Å². The Balaban J connectivity index is 2.15. The molecule has 6 heteroatoms. The van der Waals surface area contributed by atoms with Gasteiger partial charge in [0, 0.05) is 23.3 Å². The first kappa shape index (κ1) is 11.6. The second-order valence-electron chi connectivity index (χ2n) is 3.46. The van der Waals surface area contributed by atoms with Gasteiger partial charge in [0.15, 0.2) is 5.16 Å². The van der Waals surface area contributed by atoms with Crippen LogP contribution in [0, 0.1) is 6.92 Å². The van der Waals surface area contributed by atoms with Crippen LogP contribution in [0.4, 0.5) is 0 Å². The molecule has 0 bridgehead atoms. The second-order valence-corrected chi connectivity index (χ2v) is 5.95. The molecule has 0 saturated heterocycles. The number of rotatable bonds is 4. The van der Waals surface area contributed by atoms with Crippen molar-refractivity contribution >= 4 is 23.1 Å². The molecule has 2 heterocycles. The number of hydrogen-bond acceptors (Lipinski definition) is 5. The highest BCUT2D eigenvalue weighted by molar-refractivity contribution is 7.99. The van der Waals surface area contributed by atoms with Crippen molar-refractivity contribution in [3.63, 3.8) is 0 Å². The summed E-state index contributed by atoms with van der Waals surface area (Å²) in [6.07, 6.45) is 1.57. The Kier molecular flexibility index (Phi) is 3.63. The fourth-order valence-corrected chi connectivity index (χ4v) is 3.38. The van der Waals surface area contributed by atoms with E-state index in [-0.39, 0.29) is 5.25 Å². The van der Waals surface area contributed by atoms with Gasteiger partial charge in [-0.2, -0.15) is 5.10 Å². The van der Waals surface area contributed by atoms with Crippen LogP contribution in [0.1, 0.15) is 15.0 Å². The Bertz CT molecular complexity index is 463. The zero-order valence-electron chi connectivity index (χ0n) is 9.25. The molecule has 2 aromatic rings. The van der Waals surface area contributed by atoms with Gasteiger partial charge in [-0.25, -0.2) is 9.67 Å². The van der Waals surface area contributed by atoms with Crippen LogP contribution < -0.4 is 5.73 Å². The van der Waals surface area contributed by atoms with Gasteiger partial charge >= 0.3 is 0 Å². The Morgan fingerprint density at radius 3 is 2.88 bits per heavy atom. The third kappa shape index (κ3) is 2.45. The molecular weight excluding hydrogens is 240 g/mol. The Morgan fingerprint density at radius 1 is 1.56 bits per heavy atom. The van der Waals surface area contributed by atoms with E-state index in [2.05, 4.69) is 29.1 Å². The van der Waals surface area contributed by atoms with Gasteiger partial charge in [0.05, 0.1) is 5.25 Å². The van der Waals surface area contributed by atoms with E-state index in [1.165, 1.54) is 9.75 Å². The van der Waals surface area contributed by atoms with Crippen molar-refractivity contribution in [2.75, 3.05) is 6.54 Å². The Hall–Kier alpha value is -0.850. The van der Waals surface area contributed by atoms with Crippen molar-refractivity contribution in [3.8, 4) is 0 Å². The minimum absolute atomic E-state index is 0.265. The predicted octanol–water partition coefficient (Wildman–Crippen LogP) is 1.98. The summed E-state index contributed by atoms with van der Waals surface area (Å²) in [5.41, 5.74) is 5.81. The molecule has 0 radical (unpaired) electrons. The lowest BCUT2D eigenvalue weighted by Crippen LogP contribution is -2.09. The molecule has 0 spiro atoms. The number of nitrogens with zero attached hydrogens (tertiary/aromatic N) is 3. The van der Waals surface area contributed by atoms with E-state index < -0.39 is 0 Å². The topological polar surface area (TPSA) is 56.7 Å². The molecule has 2 aromatic heterocycles. The van der Waals surface area contributed by atoms with Crippen molar-refractivity contribution in [1.29, 1.82) is 0 Å². The van der Waals surface area contributed by atoms with Crippen LogP contribution in [-0.4, -0.2) is 21.3 Å². The van der Waals surface area contributed by atoms with Crippen LogP contribution in [0.3, 0.4) is 0 Å².